The molecule has 1 saturated heterocycles. The average molecular weight is 305 g/mol. The Morgan fingerprint density at radius 1 is 1.53 bits per heavy atom. The zero-order valence-electron chi connectivity index (χ0n) is 10.7. The Morgan fingerprint density at radius 2 is 2.32 bits per heavy atom. The molecular formula is C13H18Cl2N2O2. The summed E-state index contributed by atoms with van der Waals surface area (Å²) in [4.78, 5) is 12.2. The summed E-state index contributed by atoms with van der Waals surface area (Å²) in [6.07, 6.45) is 2.08. The number of carbonyl (C=O) groups excluding carboxylic acids is 1. The molecule has 1 atom stereocenters. The summed E-state index contributed by atoms with van der Waals surface area (Å²) in [5.41, 5.74) is 0.482. The number of methoxy groups -OCH3 is 1. The number of amides is 1. The van der Waals surface area contributed by atoms with Crippen LogP contribution in [0.3, 0.4) is 0 Å². The van der Waals surface area contributed by atoms with Crippen molar-refractivity contribution in [3.8, 4) is 5.75 Å². The largest absolute Gasteiger partial charge is 0.496 e. The van der Waals surface area contributed by atoms with Gasteiger partial charge in [0.2, 0.25) is 0 Å². The van der Waals surface area contributed by atoms with Crippen molar-refractivity contribution in [3.63, 3.8) is 0 Å². The van der Waals surface area contributed by atoms with Crippen LogP contribution >= 0.6 is 24.0 Å². The zero-order valence-corrected chi connectivity index (χ0v) is 12.3. The number of nitrogens with one attached hydrogen (secondary N) is 2. The first-order chi connectivity index (χ1) is 8.70. The van der Waals surface area contributed by atoms with E-state index in [1.807, 2.05) is 0 Å². The van der Waals surface area contributed by atoms with E-state index in [9.17, 15) is 4.79 Å². The quantitative estimate of drug-likeness (QED) is 0.900. The third-order valence-corrected chi connectivity index (χ3v) is 3.27. The maximum atomic E-state index is 12.2. The van der Waals surface area contributed by atoms with Gasteiger partial charge in [-0.3, -0.25) is 4.79 Å². The zero-order chi connectivity index (χ0) is 13.0. The lowest BCUT2D eigenvalue weighted by atomic mass is 10.1. The molecule has 1 aromatic rings. The Labute approximate surface area is 124 Å². The van der Waals surface area contributed by atoms with E-state index < -0.39 is 0 Å². The smallest absolute Gasteiger partial charge is 0.255 e. The van der Waals surface area contributed by atoms with E-state index in [0.29, 0.717) is 16.3 Å². The van der Waals surface area contributed by atoms with Gasteiger partial charge in [0.15, 0.2) is 0 Å². The lowest BCUT2D eigenvalue weighted by Gasteiger charge is -2.24. The first-order valence-corrected chi connectivity index (χ1v) is 6.43. The van der Waals surface area contributed by atoms with Crippen molar-refractivity contribution >= 4 is 29.9 Å². The predicted molar refractivity (Wildman–Crippen MR) is 78.6 cm³/mol. The van der Waals surface area contributed by atoms with Crippen molar-refractivity contribution in [2.24, 2.45) is 0 Å². The predicted octanol–water partition coefficient (Wildman–Crippen LogP) is 2.25. The number of halogens is 2. The molecule has 0 aromatic heterocycles. The summed E-state index contributed by atoms with van der Waals surface area (Å²) in [6.45, 7) is 1.83. The van der Waals surface area contributed by atoms with Gasteiger partial charge in [-0.25, -0.2) is 0 Å². The van der Waals surface area contributed by atoms with Gasteiger partial charge in [-0.05, 0) is 37.6 Å². The fourth-order valence-corrected chi connectivity index (χ4v) is 2.27. The summed E-state index contributed by atoms with van der Waals surface area (Å²) in [7, 11) is 1.54. The van der Waals surface area contributed by atoms with E-state index in [-0.39, 0.29) is 24.4 Å². The van der Waals surface area contributed by atoms with Gasteiger partial charge in [-0.1, -0.05) is 11.6 Å². The van der Waals surface area contributed by atoms with Crippen molar-refractivity contribution in [1.29, 1.82) is 0 Å². The minimum absolute atomic E-state index is 0. The highest BCUT2D eigenvalue weighted by atomic mass is 35.5. The molecule has 0 bridgehead atoms. The fourth-order valence-electron chi connectivity index (χ4n) is 2.10. The monoisotopic (exact) mass is 304 g/mol. The number of benzene rings is 1. The molecule has 0 unspecified atom stereocenters. The van der Waals surface area contributed by atoms with E-state index in [1.165, 1.54) is 0 Å². The van der Waals surface area contributed by atoms with Crippen LogP contribution in [0.2, 0.25) is 5.02 Å². The number of piperidine rings is 1. The van der Waals surface area contributed by atoms with Crippen LogP contribution in [0.25, 0.3) is 0 Å². The molecule has 2 N–H and O–H groups in total. The maximum absolute atomic E-state index is 12.2. The lowest BCUT2D eigenvalue weighted by molar-refractivity contribution is 0.0927. The molecule has 1 heterocycles. The first kappa shape index (κ1) is 16.1. The van der Waals surface area contributed by atoms with Gasteiger partial charge in [0, 0.05) is 17.6 Å². The molecule has 1 amide bonds. The van der Waals surface area contributed by atoms with E-state index >= 15 is 0 Å². The van der Waals surface area contributed by atoms with Crippen LogP contribution in [0.15, 0.2) is 18.2 Å². The van der Waals surface area contributed by atoms with Gasteiger partial charge in [-0.15, -0.1) is 12.4 Å². The van der Waals surface area contributed by atoms with Gasteiger partial charge in [0.1, 0.15) is 5.75 Å². The third kappa shape index (κ3) is 4.27. The van der Waals surface area contributed by atoms with Crippen LogP contribution in [0.1, 0.15) is 23.2 Å². The number of hydrogen-bond donors (Lipinski definition) is 2. The van der Waals surface area contributed by atoms with E-state index in [1.54, 1.807) is 25.3 Å². The van der Waals surface area contributed by atoms with Gasteiger partial charge < -0.3 is 15.4 Å². The molecule has 0 saturated carbocycles. The van der Waals surface area contributed by atoms with Gasteiger partial charge >= 0.3 is 0 Å². The molecule has 1 fully saturated rings. The van der Waals surface area contributed by atoms with Crippen molar-refractivity contribution in [2.75, 3.05) is 20.2 Å². The van der Waals surface area contributed by atoms with E-state index in [0.717, 1.165) is 25.9 Å². The minimum atomic E-state index is -0.136. The van der Waals surface area contributed by atoms with E-state index in [2.05, 4.69) is 10.6 Å². The second kappa shape index (κ2) is 7.58. The van der Waals surface area contributed by atoms with Crippen molar-refractivity contribution in [3.05, 3.63) is 28.8 Å². The Balaban J connectivity index is 0.00000180. The molecule has 0 spiro atoms. The minimum Gasteiger partial charge on any atom is -0.496 e. The second-order valence-electron chi connectivity index (χ2n) is 4.36. The first-order valence-electron chi connectivity index (χ1n) is 6.06. The molecule has 4 nitrogen and oxygen atoms in total. The summed E-state index contributed by atoms with van der Waals surface area (Å²) in [5, 5.41) is 6.79. The van der Waals surface area contributed by atoms with Gasteiger partial charge in [0.25, 0.3) is 5.91 Å². The molecule has 1 aromatic carbocycles. The van der Waals surface area contributed by atoms with Crippen LogP contribution in [0.5, 0.6) is 5.75 Å². The molecule has 6 heteroatoms. The molecule has 1 aliphatic rings. The third-order valence-electron chi connectivity index (χ3n) is 3.04. The number of hydrogen-bond acceptors (Lipinski definition) is 3. The summed E-state index contributed by atoms with van der Waals surface area (Å²) in [5.74, 6) is 0.406. The molecule has 2 rings (SSSR count). The number of rotatable bonds is 3. The van der Waals surface area contributed by atoms with Crippen LogP contribution in [0, 0.1) is 0 Å². The summed E-state index contributed by atoms with van der Waals surface area (Å²) in [6, 6.07) is 5.22. The lowest BCUT2D eigenvalue weighted by Crippen LogP contribution is -2.45. The molecular weight excluding hydrogens is 287 g/mol. The highest BCUT2D eigenvalue weighted by molar-refractivity contribution is 6.31. The maximum Gasteiger partial charge on any atom is 0.255 e. The highest BCUT2D eigenvalue weighted by Crippen LogP contribution is 2.22. The average Bonchev–Trinajstić information content (AvgIpc) is 2.40. The van der Waals surface area contributed by atoms with Crippen LogP contribution in [-0.2, 0) is 0 Å². The Kier molecular flexibility index (Phi) is 6.42. The summed E-state index contributed by atoms with van der Waals surface area (Å²) >= 11 is 5.91. The molecule has 0 aliphatic carbocycles. The molecule has 0 radical (unpaired) electrons. The fraction of sp³-hybridized carbons (Fsp3) is 0.462. The second-order valence-corrected chi connectivity index (χ2v) is 4.80. The SMILES string of the molecule is COc1ccc(Cl)cc1C(=O)N[C@H]1CCCNC1.Cl. The molecule has 19 heavy (non-hydrogen) atoms. The van der Waals surface area contributed by atoms with Gasteiger partial charge in [-0.2, -0.15) is 0 Å². The highest BCUT2D eigenvalue weighted by Gasteiger charge is 2.19. The number of ether oxygens (including phenoxy) is 1. The van der Waals surface area contributed by atoms with Gasteiger partial charge in [0.05, 0.1) is 12.7 Å². The van der Waals surface area contributed by atoms with Crippen molar-refractivity contribution in [2.45, 2.75) is 18.9 Å². The topological polar surface area (TPSA) is 50.4 Å². The van der Waals surface area contributed by atoms with Crippen LogP contribution < -0.4 is 15.4 Å². The number of carbonyl (C=O) groups is 1. The Bertz CT molecular complexity index is 435. The van der Waals surface area contributed by atoms with Crippen molar-refractivity contribution < 1.29 is 9.53 Å². The Hall–Kier alpha value is -0.970. The van der Waals surface area contributed by atoms with Crippen LogP contribution in [-0.4, -0.2) is 32.1 Å². The normalized spacial score (nSPS) is 18.3. The molecule has 1 aliphatic heterocycles. The van der Waals surface area contributed by atoms with Crippen LogP contribution in [0.4, 0.5) is 0 Å². The molecule has 106 valence electrons. The Morgan fingerprint density at radius 3 is 2.95 bits per heavy atom. The van der Waals surface area contributed by atoms with E-state index in [4.69, 9.17) is 16.3 Å². The summed E-state index contributed by atoms with van der Waals surface area (Å²) < 4.78 is 5.18. The van der Waals surface area contributed by atoms with Crippen molar-refractivity contribution in [1.82, 2.24) is 10.6 Å². The standard InChI is InChI=1S/C13H17ClN2O2.ClH/c1-18-12-5-4-9(14)7-11(12)13(17)16-10-3-2-6-15-8-10;/h4-5,7,10,15H,2-3,6,8H2,1H3,(H,16,17);1H/t10-;/m0./s1.